The SMILES string of the molecule is CCC[C@H]1CC[C@H](c2cnc(C#N)nc2)CC1. The quantitative estimate of drug-likeness (QED) is 0.798. The van der Waals surface area contributed by atoms with Gasteiger partial charge in [-0.05, 0) is 43.1 Å². The van der Waals surface area contributed by atoms with E-state index in [1.165, 1.54) is 44.1 Å². The molecule has 1 aliphatic carbocycles. The number of aromatic nitrogens is 2. The molecule has 0 atom stereocenters. The van der Waals surface area contributed by atoms with E-state index in [0.717, 1.165) is 5.92 Å². The fourth-order valence-corrected chi connectivity index (χ4v) is 2.80. The van der Waals surface area contributed by atoms with Gasteiger partial charge in [0, 0.05) is 12.4 Å². The molecule has 3 heteroatoms. The smallest absolute Gasteiger partial charge is 0.227 e. The molecule has 0 aliphatic heterocycles. The molecule has 3 nitrogen and oxygen atoms in total. The topological polar surface area (TPSA) is 49.6 Å². The zero-order valence-electron chi connectivity index (χ0n) is 10.4. The summed E-state index contributed by atoms with van der Waals surface area (Å²) in [5.74, 6) is 1.81. The van der Waals surface area contributed by atoms with E-state index in [0.29, 0.717) is 5.92 Å². The molecule has 17 heavy (non-hydrogen) atoms. The Hall–Kier alpha value is -1.43. The summed E-state index contributed by atoms with van der Waals surface area (Å²) in [6, 6.07) is 1.96. The molecule has 1 saturated carbocycles. The van der Waals surface area contributed by atoms with Gasteiger partial charge in [-0.2, -0.15) is 5.26 Å². The van der Waals surface area contributed by atoms with E-state index < -0.39 is 0 Å². The molecule has 1 heterocycles. The zero-order chi connectivity index (χ0) is 12.1. The lowest BCUT2D eigenvalue weighted by atomic mass is 9.78. The molecule has 90 valence electrons. The van der Waals surface area contributed by atoms with Crippen molar-refractivity contribution in [3.05, 3.63) is 23.8 Å². The van der Waals surface area contributed by atoms with E-state index in [-0.39, 0.29) is 5.82 Å². The first-order valence-corrected chi connectivity index (χ1v) is 6.55. The van der Waals surface area contributed by atoms with Gasteiger partial charge in [-0.15, -0.1) is 0 Å². The molecule has 0 amide bonds. The molecule has 0 saturated heterocycles. The second-order valence-corrected chi connectivity index (χ2v) is 4.96. The van der Waals surface area contributed by atoms with Gasteiger partial charge < -0.3 is 0 Å². The van der Waals surface area contributed by atoms with Crippen molar-refractivity contribution in [2.75, 3.05) is 0 Å². The van der Waals surface area contributed by atoms with Crippen molar-refractivity contribution in [3.8, 4) is 6.07 Å². The van der Waals surface area contributed by atoms with Gasteiger partial charge in [0.15, 0.2) is 0 Å². The molecule has 0 unspecified atom stereocenters. The molecule has 2 rings (SSSR count). The standard InChI is InChI=1S/C14H19N3/c1-2-3-11-4-6-12(7-5-11)13-9-16-14(8-15)17-10-13/h9-12H,2-7H2,1H3/t11-,12-. The highest BCUT2D eigenvalue weighted by Crippen LogP contribution is 2.36. The molecule has 0 N–H and O–H groups in total. The predicted molar refractivity (Wildman–Crippen MR) is 66.4 cm³/mol. The minimum Gasteiger partial charge on any atom is -0.227 e. The van der Waals surface area contributed by atoms with Crippen LogP contribution in [0.25, 0.3) is 0 Å². The first-order valence-electron chi connectivity index (χ1n) is 6.55. The van der Waals surface area contributed by atoms with Crippen LogP contribution in [0.15, 0.2) is 12.4 Å². The molecule has 0 bridgehead atoms. The third-order valence-electron chi connectivity index (χ3n) is 3.79. The Bertz CT molecular complexity index is 383. The fourth-order valence-electron chi connectivity index (χ4n) is 2.80. The Morgan fingerprint density at radius 3 is 2.41 bits per heavy atom. The number of rotatable bonds is 3. The number of hydrogen-bond donors (Lipinski definition) is 0. The minimum atomic E-state index is 0.272. The van der Waals surface area contributed by atoms with Gasteiger partial charge in [0.05, 0.1) is 0 Å². The average Bonchev–Trinajstić information content (AvgIpc) is 2.40. The van der Waals surface area contributed by atoms with Crippen molar-refractivity contribution in [2.45, 2.75) is 51.4 Å². The van der Waals surface area contributed by atoms with Crippen molar-refractivity contribution in [1.82, 2.24) is 9.97 Å². The molecule has 0 aromatic carbocycles. The first kappa shape index (κ1) is 12.0. The summed E-state index contributed by atoms with van der Waals surface area (Å²) in [6.45, 7) is 2.26. The lowest BCUT2D eigenvalue weighted by Gasteiger charge is -2.28. The maximum atomic E-state index is 8.66. The maximum Gasteiger partial charge on any atom is 0.232 e. The lowest BCUT2D eigenvalue weighted by Crippen LogP contribution is -2.13. The van der Waals surface area contributed by atoms with E-state index in [1.807, 2.05) is 18.5 Å². The number of hydrogen-bond acceptors (Lipinski definition) is 3. The molecule has 0 spiro atoms. The minimum absolute atomic E-state index is 0.272. The van der Waals surface area contributed by atoms with Gasteiger partial charge in [0.25, 0.3) is 0 Å². The summed E-state index contributed by atoms with van der Waals surface area (Å²) in [5.41, 5.74) is 1.21. The van der Waals surface area contributed by atoms with Crippen LogP contribution in [0.2, 0.25) is 0 Å². The fraction of sp³-hybridized carbons (Fsp3) is 0.643. The van der Waals surface area contributed by atoms with Crippen LogP contribution in [-0.4, -0.2) is 9.97 Å². The van der Waals surface area contributed by atoms with Crippen molar-refractivity contribution in [1.29, 1.82) is 5.26 Å². The predicted octanol–water partition coefficient (Wildman–Crippen LogP) is 3.42. The van der Waals surface area contributed by atoms with Gasteiger partial charge in [-0.3, -0.25) is 0 Å². The summed E-state index contributed by atoms with van der Waals surface area (Å²) < 4.78 is 0. The third kappa shape index (κ3) is 3.03. The Balaban J connectivity index is 1.94. The molecule has 0 radical (unpaired) electrons. The van der Waals surface area contributed by atoms with E-state index in [4.69, 9.17) is 5.26 Å². The van der Waals surface area contributed by atoms with Crippen molar-refractivity contribution in [2.24, 2.45) is 5.92 Å². The van der Waals surface area contributed by atoms with E-state index in [2.05, 4.69) is 16.9 Å². The highest BCUT2D eigenvalue weighted by molar-refractivity contribution is 5.17. The van der Waals surface area contributed by atoms with Gasteiger partial charge >= 0.3 is 0 Å². The largest absolute Gasteiger partial charge is 0.232 e. The summed E-state index contributed by atoms with van der Waals surface area (Å²) in [6.07, 6.45) is 11.5. The number of nitrogens with zero attached hydrogens (tertiary/aromatic N) is 3. The van der Waals surface area contributed by atoms with Crippen LogP contribution in [0, 0.1) is 17.2 Å². The Labute approximate surface area is 103 Å². The van der Waals surface area contributed by atoms with Crippen LogP contribution in [0.1, 0.15) is 62.8 Å². The molecule has 1 aromatic rings. The van der Waals surface area contributed by atoms with Gasteiger partial charge in [-0.25, -0.2) is 9.97 Å². The van der Waals surface area contributed by atoms with Gasteiger partial charge in [-0.1, -0.05) is 19.8 Å². The Kier molecular flexibility index (Phi) is 4.08. The maximum absolute atomic E-state index is 8.66. The highest BCUT2D eigenvalue weighted by Gasteiger charge is 2.22. The molecular formula is C14H19N3. The first-order chi connectivity index (χ1) is 8.33. The normalized spacial score (nSPS) is 24.2. The van der Waals surface area contributed by atoms with Crippen LogP contribution in [0.4, 0.5) is 0 Å². The summed E-state index contributed by atoms with van der Waals surface area (Å²) in [4.78, 5) is 8.11. The summed E-state index contributed by atoms with van der Waals surface area (Å²) in [7, 11) is 0. The van der Waals surface area contributed by atoms with Gasteiger partial charge in [0.2, 0.25) is 5.82 Å². The lowest BCUT2D eigenvalue weighted by molar-refractivity contribution is 0.307. The van der Waals surface area contributed by atoms with Gasteiger partial charge in [0.1, 0.15) is 6.07 Å². The molecule has 1 aliphatic rings. The van der Waals surface area contributed by atoms with Crippen LogP contribution in [0.3, 0.4) is 0 Å². The summed E-state index contributed by atoms with van der Waals surface area (Å²) in [5, 5.41) is 8.66. The molecule has 1 aromatic heterocycles. The van der Waals surface area contributed by atoms with E-state index in [1.54, 1.807) is 0 Å². The van der Waals surface area contributed by atoms with Crippen molar-refractivity contribution >= 4 is 0 Å². The Morgan fingerprint density at radius 1 is 1.24 bits per heavy atom. The monoisotopic (exact) mass is 229 g/mol. The zero-order valence-corrected chi connectivity index (χ0v) is 10.4. The van der Waals surface area contributed by atoms with Crippen LogP contribution in [0.5, 0.6) is 0 Å². The average molecular weight is 229 g/mol. The van der Waals surface area contributed by atoms with Crippen LogP contribution in [-0.2, 0) is 0 Å². The van der Waals surface area contributed by atoms with Crippen LogP contribution < -0.4 is 0 Å². The van der Waals surface area contributed by atoms with Crippen molar-refractivity contribution in [3.63, 3.8) is 0 Å². The highest BCUT2D eigenvalue weighted by atomic mass is 14.9. The molecular weight excluding hydrogens is 210 g/mol. The second kappa shape index (κ2) is 5.77. The Morgan fingerprint density at radius 2 is 1.88 bits per heavy atom. The van der Waals surface area contributed by atoms with E-state index in [9.17, 15) is 0 Å². The summed E-state index contributed by atoms with van der Waals surface area (Å²) >= 11 is 0. The second-order valence-electron chi connectivity index (χ2n) is 4.96. The van der Waals surface area contributed by atoms with E-state index >= 15 is 0 Å². The molecule has 1 fully saturated rings. The van der Waals surface area contributed by atoms with Crippen LogP contribution >= 0.6 is 0 Å². The van der Waals surface area contributed by atoms with Crippen molar-refractivity contribution < 1.29 is 0 Å². The number of nitriles is 1. The third-order valence-corrected chi connectivity index (χ3v) is 3.79.